The first-order valence-corrected chi connectivity index (χ1v) is 7.04. The average Bonchev–Trinajstić information content (AvgIpc) is 2.89. The van der Waals surface area contributed by atoms with Crippen LogP contribution in [0.15, 0.2) is 16.5 Å². The van der Waals surface area contributed by atoms with Crippen molar-refractivity contribution in [2.75, 3.05) is 32.8 Å². The molecule has 0 saturated carbocycles. The highest BCUT2D eigenvalue weighted by molar-refractivity contribution is 5.11. The van der Waals surface area contributed by atoms with Crippen molar-refractivity contribution in [3.8, 4) is 0 Å². The normalized spacial score (nSPS) is 26.3. The molecule has 3 rings (SSSR count). The summed E-state index contributed by atoms with van der Waals surface area (Å²) in [6.07, 6.45) is 3.79. The second-order valence-corrected chi connectivity index (χ2v) is 5.20. The molecule has 1 aromatic heterocycles. The molecule has 0 amide bonds. The van der Waals surface area contributed by atoms with Gasteiger partial charge in [0.15, 0.2) is 0 Å². The summed E-state index contributed by atoms with van der Waals surface area (Å²) in [7, 11) is 0. The van der Waals surface area contributed by atoms with Crippen molar-refractivity contribution in [1.82, 2.24) is 10.2 Å². The Morgan fingerprint density at radius 1 is 1.22 bits per heavy atom. The predicted molar refractivity (Wildman–Crippen MR) is 69.4 cm³/mol. The second-order valence-electron chi connectivity index (χ2n) is 5.20. The third kappa shape index (κ3) is 2.94. The SMILES string of the molecule is c1cc([C@H]2CCCCN2)oc1CN1CCOCC1. The summed E-state index contributed by atoms with van der Waals surface area (Å²) in [5, 5.41) is 3.52. The molecule has 0 radical (unpaired) electrons. The summed E-state index contributed by atoms with van der Waals surface area (Å²) >= 11 is 0. The number of hydrogen-bond acceptors (Lipinski definition) is 4. The van der Waals surface area contributed by atoms with Crippen LogP contribution >= 0.6 is 0 Å². The Kier molecular flexibility index (Phi) is 3.98. The van der Waals surface area contributed by atoms with E-state index in [1.807, 2.05) is 0 Å². The van der Waals surface area contributed by atoms with Crippen molar-refractivity contribution < 1.29 is 9.15 Å². The molecule has 1 aromatic rings. The van der Waals surface area contributed by atoms with Gasteiger partial charge < -0.3 is 14.5 Å². The zero-order valence-electron chi connectivity index (χ0n) is 10.9. The fourth-order valence-electron chi connectivity index (χ4n) is 2.74. The van der Waals surface area contributed by atoms with Crippen molar-refractivity contribution in [2.24, 2.45) is 0 Å². The molecule has 0 spiro atoms. The molecule has 0 unspecified atom stereocenters. The van der Waals surface area contributed by atoms with E-state index < -0.39 is 0 Å². The van der Waals surface area contributed by atoms with Crippen molar-refractivity contribution in [3.05, 3.63) is 23.7 Å². The molecule has 2 aliphatic heterocycles. The monoisotopic (exact) mass is 250 g/mol. The highest BCUT2D eigenvalue weighted by atomic mass is 16.5. The topological polar surface area (TPSA) is 37.6 Å². The molecule has 2 aliphatic rings. The fourth-order valence-corrected chi connectivity index (χ4v) is 2.74. The maximum absolute atomic E-state index is 5.98. The lowest BCUT2D eigenvalue weighted by atomic mass is 10.0. The number of nitrogens with zero attached hydrogens (tertiary/aromatic N) is 1. The predicted octanol–water partition coefficient (Wildman–Crippen LogP) is 1.93. The standard InChI is InChI=1S/C14H22N2O2/c1-2-6-15-13(3-1)14-5-4-12(18-14)11-16-7-9-17-10-8-16/h4-5,13,15H,1-3,6-11H2/t13-/m1/s1. The first-order valence-electron chi connectivity index (χ1n) is 7.04. The molecule has 0 aliphatic carbocycles. The van der Waals surface area contributed by atoms with Gasteiger partial charge in [-0.1, -0.05) is 6.42 Å². The smallest absolute Gasteiger partial charge is 0.121 e. The van der Waals surface area contributed by atoms with Crippen LogP contribution in [0.3, 0.4) is 0 Å². The van der Waals surface area contributed by atoms with E-state index >= 15 is 0 Å². The quantitative estimate of drug-likeness (QED) is 0.889. The van der Waals surface area contributed by atoms with E-state index in [1.54, 1.807) is 0 Å². The zero-order valence-corrected chi connectivity index (χ0v) is 10.9. The first-order chi connectivity index (χ1) is 8.92. The van der Waals surface area contributed by atoms with Crippen LogP contribution in [0.5, 0.6) is 0 Å². The van der Waals surface area contributed by atoms with Gasteiger partial charge in [0, 0.05) is 13.1 Å². The number of piperidine rings is 1. The average molecular weight is 250 g/mol. The molecule has 4 heteroatoms. The Hall–Kier alpha value is -0.840. The van der Waals surface area contributed by atoms with E-state index in [0.29, 0.717) is 6.04 Å². The molecular weight excluding hydrogens is 228 g/mol. The minimum absolute atomic E-state index is 0.428. The van der Waals surface area contributed by atoms with Gasteiger partial charge in [0.05, 0.1) is 25.8 Å². The molecule has 0 aromatic carbocycles. The summed E-state index contributed by atoms with van der Waals surface area (Å²) in [6, 6.07) is 4.69. The first kappa shape index (κ1) is 12.2. The maximum atomic E-state index is 5.98. The Morgan fingerprint density at radius 3 is 2.89 bits per heavy atom. The van der Waals surface area contributed by atoms with E-state index in [1.165, 1.54) is 19.3 Å². The van der Waals surface area contributed by atoms with Gasteiger partial charge in [0.25, 0.3) is 0 Å². The maximum Gasteiger partial charge on any atom is 0.121 e. The van der Waals surface area contributed by atoms with E-state index in [-0.39, 0.29) is 0 Å². The van der Waals surface area contributed by atoms with E-state index in [0.717, 1.165) is 50.9 Å². The van der Waals surface area contributed by atoms with Crippen LogP contribution in [0.2, 0.25) is 0 Å². The Morgan fingerprint density at radius 2 is 2.11 bits per heavy atom. The second kappa shape index (κ2) is 5.87. The minimum Gasteiger partial charge on any atom is -0.463 e. The van der Waals surface area contributed by atoms with Gasteiger partial charge in [-0.25, -0.2) is 0 Å². The summed E-state index contributed by atoms with van der Waals surface area (Å²) in [4.78, 5) is 2.39. The van der Waals surface area contributed by atoms with Gasteiger partial charge in [-0.15, -0.1) is 0 Å². The number of hydrogen-bond donors (Lipinski definition) is 1. The zero-order chi connectivity index (χ0) is 12.2. The van der Waals surface area contributed by atoms with E-state index in [9.17, 15) is 0 Å². The molecule has 3 heterocycles. The van der Waals surface area contributed by atoms with Crippen LogP contribution in [-0.4, -0.2) is 37.7 Å². The van der Waals surface area contributed by atoms with Crippen LogP contribution < -0.4 is 5.32 Å². The molecular formula is C14H22N2O2. The van der Waals surface area contributed by atoms with Crippen molar-refractivity contribution in [3.63, 3.8) is 0 Å². The molecule has 4 nitrogen and oxygen atoms in total. The molecule has 1 N–H and O–H groups in total. The van der Waals surface area contributed by atoms with Crippen LogP contribution in [0, 0.1) is 0 Å². The highest BCUT2D eigenvalue weighted by Gasteiger charge is 2.19. The van der Waals surface area contributed by atoms with Crippen LogP contribution in [0.1, 0.15) is 36.8 Å². The van der Waals surface area contributed by atoms with Crippen molar-refractivity contribution >= 4 is 0 Å². The van der Waals surface area contributed by atoms with Crippen molar-refractivity contribution in [1.29, 1.82) is 0 Å². The van der Waals surface area contributed by atoms with Gasteiger partial charge in [0.2, 0.25) is 0 Å². The Bertz CT molecular complexity index is 366. The molecule has 2 fully saturated rings. The number of morpholine rings is 1. The van der Waals surface area contributed by atoms with Crippen LogP contribution in [0.25, 0.3) is 0 Å². The Labute approximate surface area is 108 Å². The largest absolute Gasteiger partial charge is 0.463 e. The number of nitrogens with one attached hydrogen (secondary N) is 1. The summed E-state index contributed by atoms with van der Waals surface area (Å²) in [6.45, 7) is 5.74. The highest BCUT2D eigenvalue weighted by Crippen LogP contribution is 2.25. The van der Waals surface area contributed by atoms with Gasteiger partial charge in [-0.2, -0.15) is 0 Å². The lowest BCUT2D eigenvalue weighted by Gasteiger charge is -2.25. The van der Waals surface area contributed by atoms with Gasteiger partial charge in [-0.3, -0.25) is 4.90 Å². The number of furan rings is 1. The third-order valence-electron chi connectivity index (χ3n) is 3.82. The van der Waals surface area contributed by atoms with Crippen LogP contribution in [-0.2, 0) is 11.3 Å². The summed E-state index contributed by atoms with van der Waals surface area (Å²) < 4.78 is 11.3. The molecule has 1 atom stereocenters. The minimum atomic E-state index is 0.428. The summed E-state index contributed by atoms with van der Waals surface area (Å²) in [5.74, 6) is 2.19. The molecule has 0 bridgehead atoms. The third-order valence-corrected chi connectivity index (χ3v) is 3.82. The number of ether oxygens (including phenoxy) is 1. The fraction of sp³-hybridized carbons (Fsp3) is 0.714. The van der Waals surface area contributed by atoms with Gasteiger partial charge in [0.1, 0.15) is 11.5 Å². The van der Waals surface area contributed by atoms with E-state index in [4.69, 9.17) is 9.15 Å². The number of rotatable bonds is 3. The van der Waals surface area contributed by atoms with Gasteiger partial charge >= 0.3 is 0 Å². The molecule has 2 saturated heterocycles. The summed E-state index contributed by atoms with van der Waals surface area (Å²) in [5.41, 5.74) is 0. The molecule has 18 heavy (non-hydrogen) atoms. The molecule has 100 valence electrons. The van der Waals surface area contributed by atoms with Crippen LogP contribution in [0.4, 0.5) is 0 Å². The van der Waals surface area contributed by atoms with Gasteiger partial charge in [-0.05, 0) is 31.5 Å². The van der Waals surface area contributed by atoms with Crippen molar-refractivity contribution in [2.45, 2.75) is 31.8 Å². The Balaban J connectivity index is 1.58. The van der Waals surface area contributed by atoms with E-state index in [2.05, 4.69) is 22.3 Å². The lowest BCUT2D eigenvalue weighted by molar-refractivity contribution is 0.0311. The lowest BCUT2D eigenvalue weighted by Crippen LogP contribution is -2.35.